The van der Waals surface area contributed by atoms with E-state index in [4.69, 9.17) is 18.9 Å². The third-order valence-electron chi connectivity index (χ3n) is 4.35. The summed E-state index contributed by atoms with van der Waals surface area (Å²) >= 11 is 0. The van der Waals surface area contributed by atoms with Crippen molar-refractivity contribution < 1.29 is 33.3 Å². The van der Waals surface area contributed by atoms with Crippen LogP contribution in [0.2, 0.25) is 0 Å². The second kappa shape index (κ2) is 12.0. The van der Waals surface area contributed by atoms with Gasteiger partial charge in [0.15, 0.2) is 6.29 Å². The first-order valence-electron chi connectivity index (χ1n) is 9.57. The van der Waals surface area contributed by atoms with Gasteiger partial charge >= 0.3 is 0 Å². The predicted octanol–water partition coefficient (Wildman–Crippen LogP) is 3.20. The number of benzene rings is 2. The lowest BCUT2D eigenvalue weighted by molar-refractivity contribution is -0.116. The Morgan fingerprint density at radius 2 is 1.56 bits per heavy atom. The van der Waals surface area contributed by atoms with Gasteiger partial charge in [0.2, 0.25) is 11.8 Å². The zero-order chi connectivity index (χ0) is 23.5. The highest BCUT2D eigenvalue weighted by Gasteiger charge is 2.12. The van der Waals surface area contributed by atoms with Gasteiger partial charge in [-0.1, -0.05) is 0 Å². The molecular formula is C23H25N2O7. The minimum atomic E-state index is -0.414. The first-order valence-corrected chi connectivity index (χ1v) is 9.57. The topological polar surface area (TPSA) is 112 Å². The van der Waals surface area contributed by atoms with Crippen molar-refractivity contribution in [3.8, 4) is 23.0 Å². The summed E-state index contributed by atoms with van der Waals surface area (Å²) in [6.45, 7) is 0. The highest BCUT2D eigenvalue weighted by atomic mass is 16.5. The number of rotatable bonds is 11. The first-order chi connectivity index (χ1) is 15.4. The summed E-state index contributed by atoms with van der Waals surface area (Å²) in [6, 6.07) is 8.16. The van der Waals surface area contributed by atoms with E-state index in [1.165, 1.54) is 34.5 Å². The predicted molar refractivity (Wildman–Crippen MR) is 120 cm³/mol. The average molecular weight is 441 g/mol. The normalized spacial score (nSPS) is 10.4. The van der Waals surface area contributed by atoms with Crippen molar-refractivity contribution in [1.29, 1.82) is 0 Å². The van der Waals surface area contributed by atoms with Crippen molar-refractivity contribution in [2.24, 2.45) is 0 Å². The molecule has 0 spiro atoms. The Morgan fingerprint density at radius 3 is 2.12 bits per heavy atom. The van der Waals surface area contributed by atoms with E-state index in [-0.39, 0.29) is 18.7 Å². The van der Waals surface area contributed by atoms with Gasteiger partial charge in [-0.05, 0) is 24.3 Å². The van der Waals surface area contributed by atoms with E-state index in [0.717, 1.165) is 0 Å². The Hall–Kier alpha value is -4.01. The van der Waals surface area contributed by atoms with Gasteiger partial charge in [-0.2, -0.15) is 0 Å². The molecule has 0 aliphatic heterocycles. The molecule has 0 aliphatic rings. The van der Waals surface area contributed by atoms with Crippen LogP contribution in [0.25, 0.3) is 6.08 Å². The maximum absolute atomic E-state index is 12.5. The third kappa shape index (κ3) is 6.49. The summed E-state index contributed by atoms with van der Waals surface area (Å²) in [5.41, 5.74) is 1.37. The minimum absolute atomic E-state index is 0.00247. The van der Waals surface area contributed by atoms with Crippen LogP contribution in [-0.2, 0) is 14.4 Å². The van der Waals surface area contributed by atoms with E-state index in [2.05, 4.69) is 10.6 Å². The number of carbonyl (C=O) groups excluding carboxylic acids is 3. The van der Waals surface area contributed by atoms with Crippen molar-refractivity contribution in [1.82, 2.24) is 0 Å². The number of carbonyl (C=O) groups is 2. The monoisotopic (exact) mass is 441 g/mol. The zero-order valence-corrected chi connectivity index (χ0v) is 18.3. The molecule has 32 heavy (non-hydrogen) atoms. The van der Waals surface area contributed by atoms with Crippen LogP contribution in [-0.4, -0.2) is 46.5 Å². The average Bonchev–Trinajstić information content (AvgIpc) is 2.80. The van der Waals surface area contributed by atoms with E-state index in [1.54, 1.807) is 42.7 Å². The minimum Gasteiger partial charge on any atom is -0.496 e. The van der Waals surface area contributed by atoms with Crippen LogP contribution in [0.4, 0.5) is 11.4 Å². The van der Waals surface area contributed by atoms with Gasteiger partial charge in [-0.15, -0.1) is 0 Å². The molecule has 0 saturated heterocycles. The molecule has 0 atom stereocenters. The zero-order valence-electron chi connectivity index (χ0n) is 18.3. The van der Waals surface area contributed by atoms with Crippen LogP contribution in [0.3, 0.4) is 0 Å². The molecule has 169 valence electrons. The number of anilines is 2. The summed E-state index contributed by atoms with van der Waals surface area (Å²) in [5, 5.41) is 5.37. The SMILES string of the molecule is COc1cc(OC)c(/C=C/C(=O)Nc2ccc(OC)c(NC(=O)CC[C]=O)c2)c(OC)c1. The highest BCUT2D eigenvalue weighted by Crippen LogP contribution is 2.35. The molecule has 0 aliphatic carbocycles. The van der Waals surface area contributed by atoms with Crippen LogP contribution in [0.1, 0.15) is 18.4 Å². The number of ether oxygens (including phenoxy) is 4. The van der Waals surface area contributed by atoms with Gasteiger partial charge in [-0.3, -0.25) is 14.4 Å². The third-order valence-corrected chi connectivity index (χ3v) is 4.35. The Morgan fingerprint density at radius 1 is 0.906 bits per heavy atom. The Bertz CT molecular complexity index is 977. The van der Waals surface area contributed by atoms with E-state index in [9.17, 15) is 14.4 Å². The Kier molecular flexibility index (Phi) is 9.09. The molecule has 2 rings (SSSR count). The van der Waals surface area contributed by atoms with E-state index < -0.39 is 5.91 Å². The number of methoxy groups -OCH3 is 4. The second-order valence-corrected chi connectivity index (χ2v) is 6.38. The highest BCUT2D eigenvalue weighted by molar-refractivity contribution is 6.03. The Labute approximate surface area is 186 Å². The number of amides is 2. The van der Waals surface area contributed by atoms with Gasteiger partial charge in [0.1, 0.15) is 23.0 Å². The molecule has 2 N–H and O–H groups in total. The summed E-state index contributed by atoms with van der Waals surface area (Å²) in [7, 11) is 6.00. The summed E-state index contributed by atoms with van der Waals surface area (Å²) < 4.78 is 21.2. The molecule has 2 aromatic rings. The maximum Gasteiger partial charge on any atom is 0.248 e. The second-order valence-electron chi connectivity index (χ2n) is 6.38. The van der Waals surface area contributed by atoms with Crippen molar-refractivity contribution in [3.05, 3.63) is 42.0 Å². The van der Waals surface area contributed by atoms with Crippen LogP contribution in [0.15, 0.2) is 36.4 Å². The quantitative estimate of drug-likeness (QED) is 0.515. The number of hydrogen-bond acceptors (Lipinski definition) is 7. The summed E-state index contributed by atoms with van der Waals surface area (Å²) in [6.07, 6.45) is 4.55. The molecular weight excluding hydrogens is 416 g/mol. The lowest BCUT2D eigenvalue weighted by Gasteiger charge is -2.13. The molecule has 0 unspecified atom stereocenters. The van der Waals surface area contributed by atoms with Crippen molar-refractivity contribution in [2.45, 2.75) is 12.8 Å². The molecule has 0 heterocycles. The van der Waals surface area contributed by atoms with Crippen LogP contribution < -0.4 is 29.6 Å². The van der Waals surface area contributed by atoms with E-state index >= 15 is 0 Å². The summed E-state index contributed by atoms with van der Waals surface area (Å²) in [5.74, 6) is 1.14. The van der Waals surface area contributed by atoms with Gasteiger partial charge in [0.05, 0.1) is 39.7 Å². The van der Waals surface area contributed by atoms with Gasteiger partial charge in [0, 0.05) is 36.7 Å². The molecule has 0 bridgehead atoms. The molecule has 2 aromatic carbocycles. The maximum atomic E-state index is 12.5. The number of nitrogens with one attached hydrogen (secondary N) is 2. The van der Waals surface area contributed by atoms with E-state index in [0.29, 0.717) is 39.9 Å². The fourth-order valence-corrected chi connectivity index (χ4v) is 2.80. The lowest BCUT2D eigenvalue weighted by atomic mass is 10.1. The lowest BCUT2D eigenvalue weighted by Crippen LogP contribution is -2.13. The van der Waals surface area contributed by atoms with Crippen LogP contribution in [0.5, 0.6) is 23.0 Å². The van der Waals surface area contributed by atoms with Gasteiger partial charge in [0.25, 0.3) is 0 Å². The van der Waals surface area contributed by atoms with Crippen molar-refractivity contribution in [3.63, 3.8) is 0 Å². The standard InChI is InChI=1S/C23H25N2O7/c1-29-16-13-20(31-3)17(21(14-16)32-4)8-10-23(28)24-15-7-9-19(30-2)18(12-15)25-22(27)6-5-11-26/h7-10,12-14H,5-6H2,1-4H3,(H,24,28)(H,25,27)/b10-8+. The molecule has 2 amide bonds. The smallest absolute Gasteiger partial charge is 0.248 e. The first kappa shape index (κ1) is 24.3. The van der Waals surface area contributed by atoms with Gasteiger partial charge < -0.3 is 29.6 Å². The molecule has 0 saturated carbocycles. The van der Waals surface area contributed by atoms with Crippen LogP contribution >= 0.6 is 0 Å². The fourth-order valence-electron chi connectivity index (χ4n) is 2.80. The largest absolute Gasteiger partial charge is 0.496 e. The number of hydrogen-bond donors (Lipinski definition) is 2. The summed E-state index contributed by atoms with van der Waals surface area (Å²) in [4.78, 5) is 34.7. The van der Waals surface area contributed by atoms with Gasteiger partial charge in [-0.25, -0.2) is 0 Å². The molecule has 1 radical (unpaired) electrons. The molecule has 9 nitrogen and oxygen atoms in total. The van der Waals surface area contributed by atoms with E-state index in [1.807, 2.05) is 0 Å². The molecule has 0 fully saturated rings. The molecule has 9 heteroatoms. The fraction of sp³-hybridized carbons (Fsp3) is 0.261. The molecule has 0 aromatic heterocycles. The van der Waals surface area contributed by atoms with Crippen LogP contribution in [0, 0.1) is 0 Å². The van der Waals surface area contributed by atoms with Crippen molar-refractivity contribution in [2.75, 3.05) is 39.1 Å². The Balaban J connectivity index is 2.19. The van der Waals surface area contributed by atoms with Crippen molar-refractivity contribution >= 4 is 35.6 Å².